The molecular formula is C12H13BrN2O. The van der Waals surface area contributed by atoms with Gasteiger partial charge in [-0.05, 0) is 46.8 Å². The molecule has 0 atom stereocenters. The van der Waals surface area contributed by atoms with E-state index in [0.717, 1.165) is 33.6 Å². The van der Waals surface area contributed by atoms with Gasteiger partial charge in [0.05, 0.1) is 28.2 Å². The van der Waals surface area contributed by atoms with Gasteiger partial charge in [-0.25, -0.2) is 0 Å². The summed E-state index contributed by atoms with van der Waals surface area (Å²) in [6.45, 7) is 0.826. The van der Waals surface area contributed by atoms with Crippen molar-refractivity contribution >= 4 is 26.8 Å². The van der Waals surface area contributed by atoms with Crippen molar-refractivity contribution in [3.63, 3.8) is 0 Å². The number of aromatic nitrogens is 2. The average molecular weight is 281 g/mol. The van der Waals surface area contributed by atoms with Crippen molar-refractivity contribution in [3.05, 3.63) is 22.8 Å². The van der Waals surface area contributed by atoms with Crippen LogP contribution in [0.4, 0.5) is 0 Å². The summed E-state index contributed by atoms with van der Waals surface area (Å²) in [6, 6.07) is 4.07. The highest BCUT2D eigenvalue weighted by atomic mass is 79.9. The first-order valence-corrected chi connectivity index (χ1v) is 6.28. The second kappa shape index (κ2) is 3.77. The third-order valence-electron chi connectivity index (χ3n) is 2.99. The molecule has 0 unspecified atom stereocenters. The number of hydrogen-bond donors (Lipinski definition) is 0. The largest absolute Gasteiger partial charge is 0.491 e. The molecular weight excluding hydrogens is 268 g/mol. The number of nitrogens with zero attached hydrogens (tertiary/aromatic N) is 2. The van der Waals surface area contributed by atoms with Crippen molar-refractivity contribution in [3.8, 4) is 5.75 Å². The van der Waals surface area contributed by atoms with E-state index in [2.05, 4.69) is 27.1 Å². The molecule has 4 heteroatoms. The summed E-state index contributed by atoms with van der Waals surface area (Å²) in [7, 11) is 1.95. The average Bonchev–Trinajstić information content (AvgIpc) is 3.02. The molecule has 1 aliphatic rings. The molecule has 0 aliphatic heterocycles. The lowest BCUT2D eigenvalue weighted by Gasteiger charge is -2.08. The number of aryl methyl sites for hydroxylation is 1. The van der Waals surface area contributed by atoms with Gasteiger partial charge in [-0.15, -0.1) is 0 Å². The maximum Gasteiger partial charge on any atom is 0.144 e. The molecule has 0 spiro atoms. The van der Waals surface area contributed by atoms with Crippen LogP contribution in [0.2, 0.25) is 0 Å². The summed E-state index contributed by atoms with van der Waals surface area (Å²) in [5.41, 5.74) is 1.11. The van der Waals surface area contributed by atoms with Crippen molar-refractivity contribution < 1.29 is 4.74 Å². The zero-order valence-electron chi connectivity index (χ0n) is 9.11. The summed E-state index contributed by atoms with van der Waals surface area (Å²) in [6.07, 6.45) is 4.48. The van der Waals surface area contributed by atoms with Crippen LogP contribution >= 0.6 is 15.9 Å². The van der Waals surface area contributed by atoms with Crippen LogP contribution in [0.3, 0.4) is 0 Å². The van der Waals surface area contributed by atoms with E-state index in [1.54, 1.807) is 0 Å². The molecule has 3 rings (SSSR count). The van der Waals surface area contributed by atoms with Crippen molar-refractivity contribution in [1.29, 1.82) is 0 Å². The second-order valence-corrected chi connectivity index (χ2v) is 5.19. The van der Waals surface area contributed by atoms with Crippen molar-refractivity contribution in [2.75, 3.05) is 6.61 Å². The van der Waals surface area contributed by atoms with E-state index in [0.29, 0.717) is 0 Å². The predicted molar refractivity (Wildman–Crippen MR) is 66.6 cm³/mol. The van der Waals surface area contributed by atoms with Crippen molar-refractivity contribution in [2.24, 2.45) is 13.0 Å². The summed E-state index contributed by atoms with van der Waals surface area (Å²) in [5, 5.41) is 5.34. The Morgan fingerprint density at radius 3 is 3.06 bits per heavy atom. The van der Waals surface area contributed by atoms with E-state index in [-0.39, 0.29) is 0 Å². The maximum atomic E-state index is 5.89. The minimum Gasteiger partial charge on any atom is -0.491 e. The molecule has 3 nitrogen and oxygen atoms in total. The normalized spacial score (nSPS) is 15.6. The third-order valence-corrected chi connectivity index (χ3v) is 3.62. The van der Waals surface area contributed by atoms with E-state index < -0.39 is 0 Å². The molecule has 0 radical (unpaired) electrons. The van der Waals surface area contributed by atoms with Gasteiger partial charge in [0.1, 0.15) is 5.75 Å². The van der Waals surface area contributed by atoms with Crippen LogP contribution in [0.5, 0.6) is 5.75 Å². The third kappa shape index (κ3) is 1.71. The lowest BCUT2D eigenvalue weighted by Crippen LogP contribution is -2.00. The number of ether oxygens (including phenoxy) is 1. The first kappa shape index (κ1) is 10.1. The van der Waals surface area contributed by atoms with Gasteiger partial charge in [0, 0.05) is 7.05 Å². The second-order valence-electron chi connectivity index (χ2n) is 4.33. The molecule has 16 heavy (non-hydrogen) atoms. The Bertz CT molecular complexity index is 531. The van der Waals surface area contributed by atoms with E-state index in [4.69, 9.17) is 4.74 Å². The fourth-order valence-electron chi connectivity index (χ4n) is 1.81. The number of rotatable bonds is 3. The van der Waals surface area contributed by atoms with E-state index in [1.165, 1.54) is 12.8 Å². The standard InChI is InChI=1S/C12H13BrN2O/c1-15-11-5-4-10(13)12(9(11)6-14-15)16-7-8-2-3-8/h4-6,8H,2-3,7H2,1H3. The van der Waals surface area contributed by atoms with E-state index in [1.807, 2.05) is 24.0 Å². The van der Waals surface area contributed by atoms with Crippen LogP contribution in [0, 0.1) is 5.92 Å². The zero-order valence-corrected chi connectivity index (χ0v) is 10.7. The Kier molecular flexibility index (Phi) is 2.39. The zero-order chi connectivity index (χ0) is 11.1. The molecule has 1 saturated carbocycles. The Hall–Kier alpha value is -1.03. The van der Waals surface area contributed by atoms with Crippen LogP contribution < -0.4 is 4.74 Å². The molecule has 1 fully saturated rings. The lowest BCUT2D eigenvalue weighted by molar-refractivity contribution is 0.301. The van der Waals surface area contributed by atoms with Gasteiger partial charge in [0.15, 0.2) is 0 Å². The number of hydrogen-bond acceptors (Lipinski definition) is 2. The summed E-state index contributed by atoms with van der Waals surface area (Å²) in [5.74, 6) is 1.69. The number of halogens is 1. The van der Waals surface area contributed by atoms with Crippen LogP contribution in [0.15, 0.2) is 22.8 Å². The Morgan fingerprint density at radius 2 is 2.31 bits per heavy atom. The molecule has 1 aromatic heterocycles. The molecule has 1 heterocycles. The predicted octanol–water partition coefficient (Wildman–Crippen LogP) is 3.12. The molecule has 0 saturated heterocycles. The van der Waals surface area contributed by atoms with Crippen molar-refractivity contribution in [1.82, 2.24) is 9.78 Å². The molecule has 1 aromatic carbocycles. The van der Waals surface area contributed by atoms with E-state index in [9.17, 15) is 0 Å². The lowest BCUT2D eigenvalue weighted by atomic mass is 10.2. The number of fused-ring (bicyclic) bond motifs is 1. The van der Waals surface area contributed by atoms with Crippen molar-refractivity contribution in [2.45, 2.75) is 12.8 Å². The van der Waals surface area contributed by atoms with Gasteiger partial charge in [-0.3, -0.25) is 4.68 Å². The highest BCUT2D eigenvalue weighted by Gasteiger charge is 2.23. The number of benzene rings is 1. The first-order chi connectivity index (χ1) is 7.75. The van der Waals surface area contributed by atoms with Gasteiger partial charge < -0.3 is 4.74 Å². The summed E-state index contributed by atoms with van der Waals surface area (Å²) >= 11 is 3.54. The highest BCUT2D eigenvalue weighted by molar-refractivity contribution is 9.10. The van der Waals surface area contributed by atoms with Gasteiger partial charge in [-0.2, -0.15) is 5.10 Å². The SMILES string of the molecule is Cn1ncc2c(OCC3CC3)c(Br)ccc21. The molecule has 84 valence electrons. The topological polar surface area (TPSA) is 27.1 Å². The van der Waals surface area contributed by atoms with Crippen LogP contribution in [-0.4, -0.2) is 16.4 Å². The van der Waals surface area contributed by atoms with Crippen LogP contribution in [0.1, 0.15) is 12.8 Å². The minimum atomic E-state index is 0.763. The van der Waals surface area contributed by atoms with Gasteiger partial charge in [-0.1, -0.05) is 0 Å². The van der Waals surface area contributed by atoms with Gasteiger partial charge in [0.25, 0.3) is 0 Å². The minimum absolute atomic E-state index is 0.763. The fraction of sp³-hybridized carbons (Fsp3) is 0.417. The molecule has 0 N–H and O–H groups in total. The maximum absolute atomic E-state index is 5.89. The fourth-order valence-corrected chi connectivity index (χ4v) is 2.27. The summed E-state index contributed by atoms with van der Waals surface area (Å²) < 4.78 is 8.76. The van der Waals surface area contributed by atoms with Gasteiger partial charge >= 0.3 is 0 Å². The van der Waals surface area contributed by atoms with Crippen LogP contribution in [0.25, 0.3) is 10.9 Å². The Balaban J connectivity index is 2.01. The molecule has 1 aliphatic carbocycles. The Morgan fingerprint density at radius 1 is 1.50 bits per heavy atom. The molecule has 2 aromatic rings. The smallest absolute Gasteiger partial charge is 0.144 e. The first-order valence-electron chi connectivity index (χ1n) is 5.48. The monoisotopic (exact) mass is 280 g/mol. The summed E-state index contributed by atoms with van der Waals surface area (Å²) in [4.78, 5) is 0. The van der Waals surface area contributed by atoms with E-state index >= 15 is 0 Å². The Labute approximate surface area is 103 Å². The molecule has 0 bridgehead atoms. The highest BCUT2D eigenvalue weighted by Crippen LogP contribution is 2.36. The van der Waals surface area contributed by atoms with Gasteiger partial charge in [0.2, 0.25) is 0 Å². The van der Waals surface area contributed by atoms with Crippen LogP contribution in [-0.2, 0) is 7.05 Å². The quantitative estimate of drug-likeness (QED) is 0.864. The molecule has 0 amide bonds.